The zero-order chi connectivity index (χ0) is 15.4. The monoisotopic (exact) mass is 278 g/mol. The molecule has 1 aliphatic carbocycles. The lowest BCUT2D eigenvalue weighted by atomic mass is 9.72. The first-order chi connectivity index (χ1) is 9.69. The molecule has 2 aromatic rings. The van der Waals surface area contributed by atoms with Crippen LogP contribution in [0.5, 0.6) is 0 Å². The average Bonchev–Trinajstić information content (AvgIpc) is 2.73. The van der Waals surface area contributed by atoms with Crippen LogP contribution < -0.4 is 0 Å². The normalized spacial score (nSPS) is 14.0. The molecule has 0 aromatic heterocycles. The predicted molar refractivity (Wildman–Crippen MR) is 92.1 cm³/mol. The highest BCUT2D eigenvalue weighted by molar-refractivity contribution is 5.79. The fourth-order valence-electron chi connectivity index (χ4n) is 3.69. The Morgan fingerprint density at radius 2 is 1.38 bits per heavy atom. The number of rotatable bonds is 0. The summed E-state index contributed by atoms with van der Waals surface area (Å²) in [5.41, 5.74) is 9.33. The van der Waals surface area contributed by atoms with Gasteiger partial charge in [0.05, 0.1) is 0 Å². The molecule has 21 heavy (non-hydrogen) atoms. The van der Waals surface area contributed by atoms with Gasteiger partial charge in [0.2, 0.25) is 0 Å². The van der Waals surface area contributed by atoms with Gasteiger partial charge in [-0.1, -0.05) is 77.9 Å². The van der Waals surface area contributed by atoms with Crippen LogP contribution in [0.1, 0.15) is 63.8 Å². The van der Waals surface area contributed by atoms with E-state index in [-0.39, 0.29) is 10.8 Å². The summed E-state index contributed by atoms with van der Waals surface area (Å²) in [5, 5.41) is 0. The van der Waals surface area contributed by atoms with Crippen molar-refractivity contribution in [1.29, 1.82) is 0 Å². The molecule has 0 saturated heterocycles. The summed E-state index contributed by atoms with van der Waals surface area (Å²) in [6, 6.07) is 13.6. The second kappa shape index (κ2) is 4.47. The molecule has 110 valence electrons. The van der Waals surface area contributed by atoms with Gasteiger partial charge in [-0.2, -0.15) is 0 Å². The van der Waals surface area contributed by atoms with Crippen molar-refractivity contribution in [3.05, 3.63) is 58.7 Å². The van der Waals surface area contributed by atoms with E-state index in [2.05, 4.69) is 77.9 Å². The maximum Gasteiger partial charge on any atom is -0.00104 e. The van der Waals surface area contributed by atoms with E-state index in [4.69, 9.17) is 0 Å². The van der Waals surface area contributed by atoms with Crippen molar-refractivity contribution in [2.75, 3.05) is 0 Å². The van der Waals surface area contributed by atoms with E-state index in [1.165, 1.54) is 22.3 Å². The van der Waals surface area contributed by atoms with Gasteiger partial charge in [0.1, 0.15) is 0 Å². The van der Waals surface area contributed by atoms with Gasteiger partial charge >= 0.3 is 0 Å². The summed E-state index contributed by atoms with van der Waals surface area (Å²) in [6.07, 6.45) is 1.09. The van der Waals surface area contributed by atoms with Crippen LogP contribution in [0.3, 0.4) is 0 Å². The van der Waals surface area contributed by atoms with E-state index in [1.807, 2.05) is 0 Å². The highest BCUT2D eigenvalue weighted by atomic mass is 14.4. The minimum Gasteiger partial charge on any atom is -0.0619 e. The number of hydrogen-bond donors (Lipinski definition) is 0. The first-order valence-corrected chi connectivity index (χ1v) is 7.95. The van der Waals surface area contributed by atoms with Crippen molar-refractivity contribution in [2.45, 2.75) is 58.8 Å². The highest BCUT2D eigenvalue weighted by Gasteiger charge is 2.31. The summed E-state index contributed by atoms with van der Waals surface area (Å²) in [7, 11) is 0. The summed E-state index contributed by atoms with van der Waals surface area (Å²) in [4.78, 5) is 0. The maximum absolute atomic E-state index is 2.36. The quantitative estimate of drug-likeness (QED) is 0.483. The van der Waals surface area contributed by atoms with Crippen LogP contribution >= 0.6 is 0 Å². The lowest BCUT2D eigenvalue weighted by Crippen LogP contribution is -2.23. The van der Waals surface area contributed by atoms with E-state index in [9.17, 15) is 0 Å². The zero-order valence-electron chi connectivity index (χ0n) is 14.2. The van der Waals surface area contributed by atoms with Gasteiger partial charge in [0.15, 0.2) is 0 Å². The zero-order valence-corrected chi connectivity index (χ0v) is 14.2. The molecule has 0 heterocycles. The van der Waals surface area contributed by atoms with E-state index in [0.717, 1.165) is 6.42 Å². The molecule has 0 unspecified atom stereocenters. The van der Waals surface area contributed by atoms with Gasteiger partial charge in [-0.05, 0) is 50.6 Å². The summed E-state index contributed by atoms with van der Waals surface area (Å²) in [5.74, 6) is 0. The van der Waals surface area contributed by atoms with Crippen molar-refractivity contribution in [3.8, 4) is 11.1 Å². The van der Waals surface area contributed by atoms with Gasteiger partial charge in [0, 0.05) is 0 Å². The van der Waals surface area contributed by atoms with Crippen LogP contribution in [0.25, 0.3) is 11.1 Å². The number of fused-ring (bicyclic) bond motifs is 3. The van der Waals surface area contributed by atoms with Crippen molar-refractivity contribution >= 4 is 0 Å². The second-order valence-corrected chi connectivity index (χ2v) is 8.35. The van der Waals surface area contributed by atoms with E-state index in [0.29, 0.717) is 0 Å². The van der Waals surface area contributed by atoms with Crippen LogP contribution in [-0.4, -0.2) is 0 Å². The van der Waals surface area contributed by atoms with Crippen LogP contribution in [-0.2, 0) is 17.3 Å². The first kappa shape index (κ1) is 14.4. The van der Waals surface area contributed by atoms with Gasteiger partial charge in [-0.25, -0.2) is 0 Å². The van der Waals surface area contributed by atoms with Crippen molar-refractivity contribution in [3.63, 3.8) is 0 Å². The molecule has 0 radical (unpaired) electrons. The number of benzene rings is 2. The molecule has 1 aliphatic rings. The van der Waals surface area contributed by atoms with E-state index in [1.54, 1.807) is 11.1 Å². The standard InChI is InChI=1S/C21H26/c1-20(2,3)18-12-11-16-15-10-8-7-9-14(15)13-17(16)19(18)21(4,5)6/h7-12H,13H2,1-6H3. The topological polar surface area (TPSA) is 0 Å². The van der Waals surface area contributed by atoms with E-state index >= 15 is 0 Å². The summed E-state index contributed by atoms with van der Waals surface area (Å²) >= 11 is 0. The highest BCUT2D eigenvalue weighted by Crippen LogP contribution is 2.45. The van der Waals surface area contributed by atoms with Gasteiger partial charge in [-0.15, -0.1) is 0 Å². The molecule has 2 aromatic carbocycles. The predicted octanol–water partition coefficient (Wildman–Crippen LogP) is 5.85. The van der Waals surface area contributed by atoms with Crippen LogP contribution in [0.2, 0.25) is 0 Å². The fraction of sp³-hybridized carbons (Fsp3) is 0.429. The minimum absolute atomic E-state index is 0.177. The van der Waals surface area contributed by atoms with E-state index < -0.39 is 0 Å². The minimum atomic E-state index is 0.177. The third-order valence-electron chi connectivity index (χ3n) is 4.55. The molecular weight excluding hydrogens is 252 g/mol. The Hall–Kier alpha value is -1.56. The molecule has 0 nitrogen and oxygen atoms in total. The molecule has 3 rings (SSSR count). The SMILES string of the molecule is CC(C)(C)c1ccc2c(c1C(C)(C)C)Cc1ccccc1-2. The Kier molecular flexibility index (Phi) is 3.06. The molecule has 0 N–H and O–H groups in total. The van der Waals surface area contributed by atoms with Crippen LogP contribution in [0.15, 0.2) is 36.4 Å². The molecule has 0 atom stereocenters. The maximum atomic E-state index is 2.36. The molecule has 0 amide bonds. The second-order valence-electron chi connectivity index (χ2n) is 8.35. The van der Waals surface area contributed by atoms with Crippen molar-refractivity contribution in [1.82, 2.24) is 0 Å². The van der Waals surface area contributed by atoms with Crippen molar-refractivity contribution < 1.29 is 0 Å². The number of hydrogen-bond acceptors (Lipinski definition) is 0. The Balaban J connectivity index is 2.31. The lowest BCUT2D eigenvalue weighted by molar-refractivity contribution is 0.527. The third-order valence-corrected chi connectivity index (χ3v) is 4.55. The molecule has 0 saturated carbocycles. The average molecular weight is 278 g/mol. The Labute approximate surface area is 129 Å². The van der Waals surface area contributed by atoms with Crippen LogP contribution in [0, 0.1) is 0 Å². The Bertz CT molecular complexity index is 691. The summed E-state index contributed by atoms with van der Waals surface area (Å²) < 4.78 is 0. The molecule has 0 heteroatoms. The lowest BCUT2D eigenvalue weighted by Gasteiger charge is -2.32. The molecule has 0 spiro atoms. The van der Waals surface area contributed by atoms with Gasteiger partial charge in [-0.3, -0.25) is 0 Å². The Morgan fingerprint density at radius 3 is 2.00 bits per heavy atom. The van der Waals surface area contributed by atoms with Gasteiger partial charge in [0.25, 0.3) is 0 Å². The Morgan fingerprint density at radius 1 is 0.714 bits per heavy atom. The molecule has 0 fully saturated rings. The smallest absolute Gasteiger partial charge is 0.00104 e. The molecule has 0 aliphatic heterocycles. The molecular formula is C21H26. The van der Waals surface area contributed by atoms with Gasteiger partial charge < -0.3 is 0 Å². The largest absolute Gasteiger partial charge is 0.0619 e. The fourth-order valence-corrected chi connectivity index (χ4v) is 3.69. The van der Waals surface area contributed by atoms with Crippen molar-refractivity contribution in [2.24, 2.45) is 0 Å². The first-order valence-electron chi connectivity index (χ1n) is 7.95. The summed E-state index contributed by atoms with van der Waals surface area (Å²) in [6.45, 7) is 14.0. The van der Waals surface area contributed by atoms with Crippen LogP contribution in [0.4, 0.5) is 0 Å². The molecule has 0 bridgehead atoms. The third kappa shape index (κ3) is 2.31.